The third-order valence-electron chi connectivity index (χ3n) is 3.15. The van der Waals surface area contributed by atoms with E-state index in [0.717, 1.165) is 17.8 Å². The van der Waals surface area contributed by atoms with Gasteiger partial charge >= 0.3 is 6.18 Å². The summed E-state index contributed by atoms with van der Waals surface area (Å²) in [6, 6.07) is 14.4. The number of rotatable bonds is 2. The molecule has 0 aliphatic heterocycles. The highest BCUT2D eigenvalue weighted by molar-refractivity contribution is 7.12. The lowest BCUT2D eigenvalue weighted by molar-refractivity contribution is -0.137. The summed E-state index contributed by atoms with van der Waals surface area (Å²) in [6.45, 7) is 0. The van der Waals surface area contributed by atoms with Gasteiger partial charge in [-0.05, 0) is 24.3 Å². The lowest BCUT2D eigenvalue weighted by atomic mass is 10.1. The number of halogens is 3. The summed E-state index contributed by atoms with van der Waals surface area (Å²) in [5, 5.41) is 4.95. The van der Waals surface area contributed by atoms with Crippen LogP contribution in [-0.2, 0) is 13.2 Å². The highest BCUT2D eigenvalue weighted by Crippen LogP contribution is 2.31. The standard InChI is InChI=1S/C16H12F3N3S/c1-22-15(20-13-5-3-2-4-6-13)23-14(21-22)11-7-9-12(10-8-11)16(17,18)19/h2-10H,1H3. The molecule has 0 aliphatic rings. The average molecular weight is 335 g/mol. The highest BCUT2D eigenvalue weighted by atomic mass is 32.1. The minimum Gasteiger partial charge on any atom is -0.241 e. The van der Waals surface area contributed by atoms with Crippen LogP contribution in [0.15, 0.2) is 59.6 Å². The smallest absolute Gasteiger partial charge is 0.241 e. The highest BCUT2D eigenvalue weighted by Gasteiger charge is 2.30. The fraction of sp³-hybridized carbons (Fsp3) is 0.125. The predicted molar refractivity (Wildman–Crippen MR) is 83.2 cm³/mol. The summed E-state index contributed by atoms with van der Waals surface area (Å²) >= 11 is 1.32. The first-order valence-electron chi connectivity index (χ1n) is 6.75. The number of para-hydroxylation sites is 1. The van der Waals surface area contributed by atoms with Gasteiger partial charge in [0.25, 0.3) is 0 Å². The molecule has 3 rings (SSSR count). The Balaban J connectivity index is 1.96. The Morgan fingerprint density at radius 3 is 2.26 bits per heavy atom. The number of benzene rings is 2. The Morgan fingerprint density at radius 1 is 1.00 bits per heavy atom. The molecule has 7 heteroatoms. The lowest BCUT2D eigenvalue weighted by Gasteiger charge is -2.06. The molecule has 0 atom stereocenters. The van der Waals surface area contributed by atoms with E-state index in [1.54, 1.807) is 11.7 Å². The Bertz CT molecular complexity index is 862. The molecule has 1 heterocycles. The molecule has 0 saturated carbocycles. The summed E-state index contributed by atoms with van der Waals surface area (Å²) in [6.07, 6.45) is -4.33. The van der Waals surface area contributed by atoms with Crippen LogP contribution in [0.4, 0.5) is 18.9 Å². The van der Waals surface area contributed by atoms with Crippen molar-refractivity contribution in [1.29, 1.82) is 0 Å². The van der Waals surface area contributed by atoms with E-state index in [2.05, 4.69) is 10.1 Å². The molecule has 0 radical (unpaired) electrons. The van der Waals surface area contributed by atoms with Crippen molar-refractivity contribution in [3.05, 3.63) is 65.0 Å². The average Bonchev–Trinajstić information content (AvgIpc) is 2.89. The molecule has 0 N–H and O–H groups in total. The molecule has 0 amide bonds. The molecule has 2 aromatic carbocycles. The van der Waals surface area contributed by atoms with Crippen molar-refractivity contribution in [2.75, 3.05) is 0 Å². The molecular weight excluding hydrogens is 323 g/mol. The second-order valence-electron chi connectivity index (χ2n) is 4.84. The van der Waals surface area contributed by atoms with E-state index in [9.17, 15) is 13.2 Å². The number of aryl methyl sites for hydroxylation is 1. The first-order valence-corrected chi connectivity index (χ1v) is 7.57. The van der Waals surface area contributed by atoms with Gasteiger partial charge in [-0.1, -0.05) is 41.7 Å². The van der Waals surface area contributed by atoms with Crippen molar-refractivity contribution in [3.63, 3.8) is 0 Å². The summed E-state index contributed by atoms with van der Waals surface area (Å²) in [5.74, 6) is 0. The van der Waals surface area contributed by atoms with Gasteiger partial charge in [-0.2, -0.15) is 18.3 Å². The van der Waals surface area contributed by atoms with Gasteiger partial charge in [-0.25, -0.2) is 9.67 Å². The fourth-order valence-corrected chi connectivity index (χ4v) is 2.89. The van der Waals surface area contributed by atoms with Crippen LogP contribution in [0.2, 0.25) is 0 Å². The maximum absolute atomic E-state index is 12.6. The van der Waals surface area contributed by atoms with E-state index >= 15 is 0 Å². The summed E-state index contributed by atoms with van der Waals surface area (Å²) in [4.78, 5) is 5.15. The predicted octanol–water partition coefficient (Wildman–Crippen LogP) is 4.40. The Morgan fingerprint density at radius 2 is 1.65 bits per heavy atom. The SMILES string of the molecule is Cn1nc(-c2ccc(C(F)(F)F)cc2)sc1=Nc1ccccc1. The van der Waals surface area contributed by atoms with Crippen molar-refractivity contribution >= 4 is 17.0 Å². The minimum absolute atomic E-state index is 0.621. The van der Waals surface area contributed by atoms with Crippen LogP contribution in [0.5, 0.6) is 0 Å². The van der Waals surface area contributed by atoms with E-state index in [1.807, 2.05) is 30.3 Å². The molecular formula is C16H12F3N3S. The third kappa shape index (κ3) is 3.50. The zero-order valence-corrected chi connectivity index (χ0v) is 12.9. The van der Waals surface area contributed by atoms with E-state index in [-0.39, 0.29) is 0 Å². The van der Waals surface area contributed by atoms with Crippen LogP contribution in [0.1, 0.15) is 5.56 Å². The summed E-state index contributed by atoms with van der Waals surface area (Å²) in [5.41, 5.74) is 0.759. The maximum Gasteiger partial charge on any atom is 0.416 e. The second kappa shape index (κ2) is 6.00. The van der Waals surface area contributed by atoms with Gasteiger partial charge in [0.05, 0.1) is 11.3 Å². The molecule has 23 heavy (non-hydrogen) atoms. The molecule has 0 bridgehead atoms. The maximum atomic E-state index is 12.6. The van der Waals surface area contributed by atoms with Crippen molar-refractivity contribution in [2.24, 2.45) is 12.0 Å². The summed E-state index contributed by atoms with van der Waals surface area (Å²) < 4.78 is 39.4. The molecule has 0 aliphatic carbocycles. The molecule has 3 nitrogen and oxygen atoms in total. The monoisotopic (exact) mass is 335 g/mol. The Labute approximate surface area is 134 Å². The minimum atomic E-state index is -4.33. The quantitative estimate of drug-likeness (QED) is 0.683. The Hall–Kier alpha value is -2.41. The van der Waals surface area contributed by atoms with Crippen molar-refractivity contribution in [2.45, 2.75) is 6.18 Å². The number of nitrogens with zero attached hydrogens (tertiary/aromatic N) is 3. The number of hydrogen-bond acceptors (Lipinski definition) is 3. The zero-order chi connectivity index (χ0) is 16.4. The van der Waals surface area contributed by atoms with Crippen LogP contribution in [0.25, 0.3) is 10.6 Å². The molecule has 118 valence electrons. The van der Waals surface area contributed by atoms with Crippen molar-refractivity contribution in [3.8, 4) is 10.6 Å². The Kier molecular flexibility index (Phi) is 4.04. The van der Waals surface area contributed by atoms with E-state index < -0.39 is 11.7 Å². The molecule has 0 spiro atoms. The van der Waals surface area contributed by atoms with E-state index in [1.165, 1.54) is 23.5 Å². The van der Waals surface area contributed by atoms with Gasteiger partial charge in [-0.3, -0.25) is 0 Å². The van der Waals surface area contributed by atoms with Crippen molar-refractivity contribution < 1.29 is 13.2 Å². The van der Waals surface area contributed by atoms with Gasteiger partial charge in [0, 0.05) is 12.6 Å². The largest absolute Gasteiger partial charge is 0.416 e. The normalized spacial score (nSPS) is 12.6. The van der Waals surface area contributed by atoms with Crippen LogP contribution in [0, 0.1) is 0 Å². The number of aromatic nitrogens is 2. The van der Waals surface area contributed by atoms with Crippen LogP contribution < -0.4 is 4.80 Å². The first kappa shape index (κ1) is 15.5. The molecule has 0 unspecified atom stereocenters. The van der Waals surface area contributed by atoms with Gasteiger partial charge < -0.3 is 0 Å². The molecule has 0 fully saturated rings. The first-order chi connectivity index (χ1) is 10.9. The summed E-state index contributed by atoms with van der Waals surface area (Å²) in [7, 11) is 1.76. The number of alkyl halides is 3. The van der Waals surface area contributed by atoms with E-state index in [0.29, 0.717) is 15.4 Å². The topological polar surface area (TPSA) is 30.2 Å². The van der Waals surface area contributed by atoms with Gasteiger partial charge in [0.1, 0.15) is 5.01 Å². The van der Waals surface area contributed by atoms with E-state index in [4.69, 9.17) is 0 Å². The van der Waals surface area contributed by atoms with Gasteiger partial charge in [0.2, 0.25) is 4.80 Å². The van der Waals surface area contributed by atoms with Crippen LogP contribution >= 0.6 is 11.3 Å². The second-order valence-corrected chi connectivity index (χ2v) is 5.79. The molecule has 1 aromatic heterocycles. The van der Waals surface area contributed by atoms with Crippen LogP contribution in [-0.4, -0.2) is 9.78 Å². The third-order valence-corrected chi connectivity index (χ3v) is 4.19. The fourth-order valence-electron chi connectivity index (χ4n) is 1.98. The van der Waals surface area contributed by atoms with Gasteiger partial charge in [0.15, 0.2) is 0 Å². The van der Waals surface area contributed by atoms with Crippen LogP contribution in [0.3, 0.4) is 0 Å². The lowest BCUT2D eigenvalue weighted by Crippen LogP contribution is -2.10. The zero-order valence-electron chi connectivity index (χ0n) is 12.1. The number of hydrogen-bond donors (Lipinski definition) is 0. The molecule has 3 aromatic rings. The van der Waals surface area contributed by atoms with Gasteiger partial charge in [-0.15, -0.1) is 0 Å². The molecule has 0 saturated heterocycles. The van der Waals surface area contributed by atoms with Crippen molar-refractivity contribution in [1.82, 2.24) is 9.78 Å².